The molecule has 1 aromatic carbocycles. The van der Waals surface area contributed by atoms with Crippen molar-refractivity contribution in [3.8, 4) is 11.5 Å². The van der Waals surface area contributed by atoms with Crippen molar-refractivity contribution < 1.29 is 28.6 Å². The molecule has 1 aliphatic rings. The van der Waals surface area contributed by atoms with Crippen LogP contribution in [0.3, 0.4) is 0 Å². The zero-order chi connectivity index (χ0) is 19.3. The van der Waals surface area contributed by atoms with E-state index in [4.69, 9.17) is 9.47 Å². The van der Waals surface area contributed by atoms with Gasteiger partial charge >= 0.3 is 5.97 Å². The molecule has 7 nitrogen and oxygen atoms in total. The fourth-order valence-corrected chi connectivity index (χ4v) is 3.21. The summed E-state index contributed by atoms with van der Waals surface area (Å²) in [4.78, 5) is 37.4. The molecule has 140 valence electrons. The van der Waals surface area contributed by atoms with Crippen molar-refractivity contribution in [3.05, 3.63) is 28.7 Å². The summed E-state index contributed by atoms with van der Waals surface area (Å²) >= 11 is 0.920. The van der Waals surface area contributed by atoms with Crippen LogP contribution in [-0.2, 0) is 14.3 Å². The lowest BCUT2D eigenvalue weighted by Crippen LogP contribution is -2.36. The number of hydrogen-bond donors (Lipinski definition) is 0. The van der Waals surface area contributed by atoms with Crippen molar-refractivity contribution in [1.29, 1.82) is 0 Å². The topological polar surface area (TPSA) is 82.1 Å². The third-order valence-electron chi connectivity index (χ3n) is 3.91. The van der Waals surface area contributed by atoms with Gasteiger partial charge in [0.2, 0.25) is 0 Å². The van der Waals surface area contributed by atoms with E-state index in [1.807, 2.05) is 13.8 Å². The highest BCUT2D eigenvalue weighted by Crippen LogP contribution is 2.35. The van der Waals surface area contributed by atoms with Gasteiger partial charge in [0.05, 0.1) is 19.1 Å². The van der Waals surface area contributed by atoms with Crippen molar-refractivity contribution in [1.82, 2.24) is 4.90 Å². The van der Waals surface area contributed by atoms with Crippen LogP contribution >= 0.6 is 11.8 Å². The first-order valence-electron chi connectivity index (χ1n) is 8.06. The van der Waals surface area contributed by atoms with E-state index in [2.05, 4.69) is 4.74 Å². The van der Waals surface area contributed by atoms with Crippen molar-refractivity contribution in [2.45, 2.75) is 26.3 Å². The zero-order valence-electron chi connectivity index (χ0n) is 15.1. The molecular weight excluding hydrogens is 358 g/mol. The fraction of sp³-hybridized carbons (Fsp3) is 0.389. The first kappa shape index (κ1) is 19.8. The zero-order valence-corrected chi connectivity index (χ0v) is 15.9. The molecule has 0 radical (unpaired) electrons. The largest absolute Gasteiger partial charge is 0.493 e. The number of carbonyl (C=O) groups excluding carboxylic acids is 3. The lowest BCUT2D eigenvalue weighted by Gasteiger charge is -2.19. The van der Waals surface area contributed by atoms with Gasteiger partial charge in [-0.1, -0.05) is 13.0 Å². The third kappa shape index (κ3) is 4.37. The molecule has 2 amide bonds. The first-order valence-corrected chi connectivity index (χ1v) is 8.87. The van der Waals surface area contributed by atoms with E-state index in [1.54, 1.807) is 24.3 Å². The summed E-state index contributed by atoms with van der Waals surface area (Å²) in [5, 5.41) is -0.263. The van der Waals surface area contributed by atoms with Gasteiger partial charge in [0.15, 0.2) is 18.1 Å². The van der Waals surface area contributed by atoms with Crippen LogP contribution in [-0.4, -0.2) is 48.9 Å². The Hall–Kier alpha value is -2.48. The predicted molar refractivity (Wildman–Crippen MR) is 98.1 cm³/mol. The summed E-state index contributed by atoms with van der Waals surface area (Å²) in [7, 11) is 2.75. The van der Waals surface area contributed by atoms with Crippen LogP contribution in [0.5, 0.6) is 11.5 Å². The molecule has 1 aliphatic heterocycles. The molecule has 2 rings (SSSR count). The molecule has 0 saturated carbocycles. The number of thioether (sulfide) groups is 1. The SMILES string of the molecule is CCC(C)N1C(=O)S/C(=C/c2ccc(OCC(=O)OC)c(OC)c2)C1=O. The van der Waals surface area contributed by atoms with Crippen molar-refractivity contribution in [3.63, 3.8) is 0 Å². The first-order chi connectivity index (χ1) is 12.4. The number of esters is 1. The number of imide groups is 1. The molecule has 0 bridgehead atoms. The van der Waals surface area contributed by atoms with Crippen molar-refractivity contribution in [2.75, 3.05) is 20.8 Å². The summed E-state index contributed by atoms with van der Waals surface area (Å²) < 4.78 is 15.1. The third-order valence-corrected chi connectivity index (χ3v) is 4.80. The van der Waals surface area contributed by atoms with E-state index in [0.717, 1.165) is 11.8 Å². The minimum atomic E-state index is -0.505. The van der Waals surface area contributed by atoms with Crippen molar-refractivity contribution >= 4 is 35.0 Å². The maximum Gasteiger partial charge on any atom is 0.343 e. The Labute approximate surface area is 156 Å². The number of benzene rings is 1. The maximum absolute atomic E-state index is 12.5. The Morgan fingerprint density at radius 2 is 2.00 bits per heavy atom. The maximum atomic E-state index is 12.5. The summed E-state index contributed by atoms with van der Waals surface area (Å²) in [6.07, 6.45) is 2.34. The van der Waals surface area contributed by atoms with Crippen LogP contribution in [0, 0.1) is 0 Å². The Kier molecular flexibility index (Phi) is 6.68. The highest BCUT2D eigenvalue weighted by atomic mass is 32.2. The highest BCUT2D eigenvalue weighted by Gasteiger charge is 2.37. The average Bonchev–Trinajstić information content (AvgIpc) is 2.92. The molecule has 1 aromatic rings. The van der Waals surface area contributed by atoms with Gasteiger partial charge in [-0.3, -0.25) is 14.5 Å². The Morgan fingerprint density at radius 1 is 1.27 bits per heavy atom. The monoisotopic (exact) mass is 379 g/mol. The molecule has 0 aliphatic carbocycles. The van der Waals surface area contributed by atoms with Crippen LogP contribution in [0.15, 0.2) is 23.1 Å². The number of ether oxygens (including phenoxy) is 3. The van der Waals surface area contributed by atoms with Gasteiger partial charge in [0, 0.05) is 6.04 Å². The molecule has 0 N–H and O–H groups in total. The molecule has 26 heavy (non-hydrogen) atoms. The molecule has 1 atom stereocenters. The highest BCUT2D eigenvalue weighted by molar-refractivity contribution is 8.18. The lowest BCUT2D eigenvalue weighted by molar-refractivity contribution is -0.143. The number of carbonyl (C=O) groups is 3. The standard InChI is InChI=1S/C18H21NO6S/c1-5-11(2)19-17(21)15(26-18(19)22)9-12-6-7-13(14(8-12)23-3)25-10-16(20)24-4/h6-9,11H,5,10H2,1-4H3/b15-9+. The summed E-state index contributed by atoms with van der Waals surface area (Å²) in [5.74, 6) is -0.0132. The lowest BCUT2D eigenvalue weighted by atomic mass is 10.1. The second-order valence-corrected chi connectivity index (χ2v) is 6.58. The quantitative estimate of drug-likeness (QED) is 0.532. The van der Waals surface area contributed by atoms with E-state index in [1.165, 1.54) is 19.1 Å². The predicted octanol–water partition coefficient (Wildman–Crippen LogP) is 3.08. The van der Waals surface area contributed by atoms with E-state index in [9.17, 15) is 14.4 Å². The summed E-state index contributed by atoms with van der Waals surface area (Å²) in [6, 6.07) is 4.87. The Bertz CT molecular complexity index is 745. The van der Waals surface area contributed by atoms with Gasteiger partial charge in [0.25, 0.3) is 11.1 Å². The molecule has 0 aromatic heterocycles. The van der Waals surface area contributed by atoms with E-state index >= 15 is 0 Å². The second-order valence-electron chi connectivity index (χ2n) is 5.58. The Morgan fingerprint density at radius 3 is 2.62 bits per heavy atom. The molecular formula is C18H21NO6S. The van der Waals surface area contributed by atoms with Gasteiger partial charge < -0.3 is 14.2 Å². The molecule has 1 heterocycles. The van der Waals surface area contributed by atoms with Crippen molar-refractivity contribution in [2.24, 2.45) is 0 Å². The number of hydrogen-bond acceptors (Lipinski definition) is 7. The van der Waals surface area contributed by atoms with E-state index < -0.39 is 5.97 Å². The number of rotatable bonds is 7. The molecule has 1 fully saturated rings. The van der Waals surface area contributed by atoms with Gasteiger partial charge in [0.1, 0.15) is 0 Å². The minimum absolute atomic E-state index is 0.142. The van der Waals surface area contributed by atoms with Gasteiger partial charge in [-0.05, 0) is 48.9 Å². The van der Waals surface area contributed by atoms with Crippen LogP contribution in [0.25, 0.3) is 6.08 Å². The molecule has 8 heteroatoms. The van der Waals surface area contributed by atoms with Crippen LogP contribution in [0.4, 0.5) is 4.79 Å². The van der Waals surface area contributed by atoms with Gasteiger partial charge in [-0.25, -0.2) is 4.79 Å². The summed E-state index contributed by atoms with van der Waals surface area (Å²) in [6.45, 7) is 3.53. The van der Waals surface area contributed by atoms with Gasteiger partial charge in [-0.2, -0.15) is 0 Å². The van der Waals surface area contributed by atoms with Gasteiger partial charge in [-0.15, -0.1) is 0 Å². The van der Waals surface area contributed by atoms with Crippen LogP contribution < -0.4 is 9.47 Å². The average molecular weight is 379 g/mol. The van der Waals surface area contributed by atoms with Crippen LogP contribution in [0.1, 0.15) is 25.8 Å². The van der Waals surface area contributed by atoms with E-state index in [-0.39, 0.29) is 23.8 Å². The fourth-order valence-electron chi connectivity index (χ4n) is 2.28. The molecule has 0 spiro atoms. The number of methoxy groups -OCH3 is 2. The van der Waals surface area contributed by atoms with E-state index in [0.29, 0.717) is 28.4 Å². The number of amides is 2. The molecule has 1 saturated heterocycles. The normalized spacial score (nSPS) is 16.8. The second kappa shape index (κ2) is 8.75. The summed E-state index contributed by atoms with van der Waals surface area (Å²) in [5.41, 5.74) is 0.682. The molecule has 1 unspecified atom stereocenters. The van der Waals surface area contributed by atoms with Crippen LogP contribution in [0.2, 0.25) is 0 Å². The Balaban J connectivity index is 2.21. The smallest absolute Gasteiger partial charge is 0.343 e. The minimum Gasteiger partial charge on any atom is -0.493 e. The number of nitrogens with zero attached hydrogens (tertiary/aromatic N) is 1.